The molecule has 0 saturated carbocycles. The molecule has 1 aromatic carbocycles. The van der Waals surface area contributed by atoms with Crippen LogP contribution in [0.5, 0.6) is 0 Å². The quantitative estimate of drug-likeness (QED) is 0.863. The van der Waals surface area contributed by atoms with Crippen LogP contribution in [-0.4, -0.2) is 43.5 Å². The highest BCUT2D eigenvalue weighted by molar-refractivity contribution is 5.92. The Labute approximate surface area is 115 Å². The zero-order valence-electron chi connectivity index (χ0n) is 11.6. The summed E-state index contributed by atoms with van der Waals surface area (Å²) in [4.78, 5) is 14.2. The lowest BCUT2D eigenvalue weighted by Crippen LogP contribution is -2.35. The molecule has 1 aromatic rings. The summed E-state index contributed by atoms with van der Waals surface area (Å²) < 4.78 is 0. The first-order valence-electron chi connectivity index (χ1n) is 7.10. The summed E-state index contributed by atoms with van der Waals surface area (Å²) in [6.45, 7) is 6.57. The largest absolute Gasteiger partial charge is 0.325 e. The van der Waals surface area contributed by atoms with Crippen LogP contribution in [-0.2, 0) is 11.2 Å². The Kier molecular flexibility index (Phi) is 5.36. The first kappa shape index (κ1) is 14.0. The molecule has 1 amide bonds. The van der Waals surface area contributed by atoms with Gasteiger partial charge in [0.2, 0.25) is 5.91 Å². The lowest BCUT2D eigenvalue weighted by atomic mass is 10.1. The molecule has 19 heavy (non-hydrogen) atoms. The second-order valence-corrected chi connectivity index (χ2v) is 4.98. The number of benzene rings is 1. The van der Waals surface area contributed by atoms with Crippen molar-refractivity contribution in [1.29, 1.82) is 0 Å². The topological polar surface area (TPSA) is 44.4 Å². The molecule has 4 nitrogen and oxygen atoms in total. The number of hydrogen-bond donors (Lipinski definition) is 2. The van der Waals surface area contributed by atoms with Gasteiger partial charge in [-0.15, -0.1) is 0 Å². The third kappa shape index (κ3) is 4.65. The molecule has 4 heteroatoms. The van der Waals surface area contributed by atoms with Gasteiger partial charge in [0.1, 0.15) is 0 Å². The van der Waals surface area contributed by atoms with Crippen LogP contribution in [0.2, 0.25) is 0 Å². The predicted octanol–water partition coefficient (Wildman–Crippen LogP) is 1.48. The van der Waals surface area contributed by atoms with Gasteiger partial charge in [0.15, 0.2) is 0 Å². The molecule has 2 rings (SSSR count). The van der Waals surface area contributed by atoms with Crippen molar-refractivity contribution in [1.82, 2.24) is 10.2 Å². The number of nitrogens with zero attached hydrogens (tertiary/aromatic N) is 1. The Morgan fingerprint density at radius 3 is 3.11 bits per heavy atom. The summed E-state index contributed by atoms with van der Waals surface area (Å²) in [5, 5.41) is 6.33. The molecule has 0 aromatic heterocycles. The normalized spacial score (nSPS) is 16.9. The first-order valence-corrected chi connectivity index (χ1v) is 7.10. The van der Waals surface area contributed by atoms with E-state index in [1.807, 2.05) is 18.2 Å². The van der Waals surface area contributed by atoms with Gasteiger partial charge < -0.3 is 10.6 Å². The molecule has 1 heterocycles. The van der Waals surface area contributed by atoms with E-state index in [-0.39, 0.29) is 5.91 Å². The summed E-state index contributed by atoms with van der Waals surface area (Å²) in [5.41, 5.74) is 2.15. The lowest BCUT2D eigenvalue weighted by Gasteiger charge is -2.18. The average molecular weight is 261 g/mol. The molecule has 1 aliphatic rings. The predicted molar refractivity (Wildman–Crippen MR) is 78.4 cm³/mol. The Balaban J connectivity index is 1.85. The Morgan fingerprint density at radius 2 is 2.26 bits per heavy atom. The Bertz CT molecular complexity index is 412. The molecular formula is C15H23N3O. The highest BCUT2D eigenvalue weighted by Gasteiger charge is 2.12. The summed E-state index contributed by atoms with van der Waals surface area (Å²) in [5.74, 6) is 0.0788. The van der Waals surface area contributed by atoms with Gasteiger partial charge in [0.25, 0.3) is 0 Å². The van der Waals surface area contributed by atoms with Gasteiger partial charge in [-0.1, -0.05) is 19.1 Å². The summed E-state index contributed by atoms with van der Waals surface area (Å²) >= 11 is 0. The van der Waals surface area contributed by atoms with E-state index in [4.69, 9.17) is 0 Å². The van der Waals surface area contributed by atoms with Gasteiger partial charge in [-0.3, -0.25) is 9.69 Å². The molecule has 0 unspecified atom stereocenters. The molecule has 0 radical (unpaired) electrons. The van der Waals surface area contributed by atoms with Crippen LogP contribution in [0.3, 0.4) is 0 Å². The smallest absolute Gasteiger partial charge is 0.238 e. The van der Waals surface area contributed by atoms with Crippen LogP contribution in [0.4, 0.5) is 5.69 Å². The minimum absolute atomic E-state index is 0.0788. The van der Waals surface area contributed by atoms with E-state index in [1.54, 1.807) is 0 Å². The van der Waals surface area contributed by atoms with Crippen LogP contribution < -0.4 is 10.6 Å². The van der Waals surface area contributed by atoms with E-state index in [2.05, 4.69) is 28.5 Å². The Hall–Kier alpha value is -1.39. The van der Waals surface area contributed by atoms with Crippen molar-refractivity contribution in [3.63, 3.8) is 0 Å². The van der Waals surface area contributed by atoms with Crippen molar-refractivity contribution >= 4 is 11.6 Å². The fourth-order valence-electron chi connectivity index (χ4n) is 2.33. The molecule has 1 aliphatic heterocycles. The van der Waals surface area contributed by atoms with Gasteiger partial charge in [-0.05, 0) is 43.6 Å². The molecular weight excluding hydrogens is 238 g/mol. The number of aryl methyl sites for hydroxylation is 1. The van der Waals surface area contributed by atoms with Gasteiger partial charge >= 0.3 is 0 Å². The minimum atomic E-state index is 0.0788. The van der Waals surface area contributed by atoms with Gasteiger partial charge in [-0.2, -0.15) is 0 Å². The van der Waals surface area contributed by atoms with E-state index < -0.39 is 0 Å². The van der Waals surface area contributed by atoms with Crippen molar-refractivity contribution in [3.8, 4) is 0 Å². The number of carbonyl (C=O) groups excluding carboxylic acids is 1. The second kappa shape index (κ2) is 7.26. The fraction of sp³-hybridized carbons (Fsp3) is 0.533. The van der Waals surface area contributed by atoms with E-state index in [0.29, 0.717) is 6.54 Å². The summed E-state index contributed by atoms with van der Waals surface area (Å²) in [6, 6.07) is 8.06. The molecule has 104 valence electrons. The molecule has 0 bridgehead atoms. The molecule has 0 atom stereocenters. The van der Waals surface area contributed by atoms with Crippen molar-refractivity contribution in [2.45, 2.75) is 19.8 Å². The van der Waals surface area contributed by atoms with Crippen LogP contribution in [0.15, 0.2) is 24.3 Å². The monoisotopic (exact) mass is 261 g/mol. The van der Waals surface area contributed by atoms with E-state index in [0.717, 1.165) is 44.7 Å². The Morgan fingerprint density at radius 1 is 1.37 bits per heavy atom. The SMILES string of the molecule is CCc1cccc(NC(=O)CN2CCCNCC2)c1. The maximum absolute atomic E-state index is 12.0. The van der Waals surface area contributed by atoms with Crippen LogP contribution in [0, 0.1) is 0 Å². The highest BCUT2D eigenvalue weighted by Crippen LogP contribution is 2.11. The van der Waals surface area contributed by atoms with Crippen molar-refractivity contribution in [2.75, 3.05) is 38.0 Å². The van der Waals surface area contributed by atoms with E-state index in [1.165, 1.54) is 5.56 Å². The van der Waals surface area contributed by atoms with Gasteiger partial charge in [0, 0.05) is 18.8 Å². The maximum atomic E-state index is 12.0. The lowest BCUT2D eigenvalue weighted by molar-refractivity contribution is -0.117. The molecule has 0 spiro atoms. The highest BCUT2D eigenvalue weighted by atomic mass is 16.2. The van der Waals surface area contributed by atoms with Crippen LogP contribution in [0.25, 0.3) is 0 Å². The number of amides is 1. The first-order chi connectivity index (χ1) is 9.28. The minimum Gasteiger partial charge on any atom is -0.325 e. The maximum Gasteiger partial charge on any atom is 0.238 e. The third-order valence-electron chi connectivity index (χ3n) is 3.42. The van der Waals surface area contributed by atoms with E-state index in [9.17, 15) is 4.79 Å². The zero-order chi connectivity index (χ0) is 13.5. The molecule has 0 aliphatic carbocycles. The summed E-state index contributed by atoms with van der Waals surface area (Å²) in [6.07, 6.45) is 2.10. The van der Waals surface area contributed by atoms with Crippen molar-refractivity contribution in [3.05, 3.63) is 29.8 Å². The number of anilines is 1. The summed E-state index contributed by atoms with van der Waals surface area (Å²) in [7, 11) is 0. The van der Waals surface area contributed by atoms with Crippen LogP contribution >= 0.6 is 0 Å². The third-order valence-corrected chi connectivity index (χ3v) is 3.42. The zero-order valence-corrected chi connectivity index (χ0v) is 11.6. The van der Waals surface area contributed by atoms with Crippen molar-refractivity contribution in [2.24, 2.45) is 0 Å². The fourth-order valence-corrected chi connectivity index (χ4v) is 2.33. The van der Waals surface area contributed by atoms with Crippen molar-refractivity contribution < 1.29 is 4.79 Å². The number of carbonyl (C=O) groups is 1. The number of hydrogen-bond acceptors (Lipinski definition) is 3. The number of nitrogens with one attached hydrogen (secondary N) is 2. The van der Waals surface area contributed by atoms with Gasteiger partial charge in [0.05, 0.1) is 6.54 Å². The molecule has 2 N–H and O–H groups in total. The second-order valence-electron chi connectivity index (χ2n) is 4.98. The molecule has 1 fully saturated rings. The van der Waals surface area contributed by atoms with Crippen LogP contribution in [0.1, 0.15) is 18.9 Å². The standard InChI is InChI=1S/C15H23N3O/c1-2-13-5-3-6-14(11-13)17-15(19)12-18-9-4-7-16-8-10-18/h3,5-6,11,16H,2,4,7-10,12H2,1H3,(H,17,19). The number of rotatable bonds is 4. The average Bonchev–Trinajstić information content (AvgIpc) is 2.67. The van der Waals surface area contributed by atoms with E-state index >= 15 is 0 Å². The molecule has 1 saturated heterocycles. The van der Waals surface area contributed by atoms with Gasteiger partial charge in [-0.25, -0.2) is 0 Å².